The molecule has 0 aromatic carbocycles. The molecule has 0 N–H and O–H groups in total. The fourth-order valence-electron chi connectivity index (χ4n) is 2.97. The van der Waals surface area contributed by atoms with Crippen LogP contribution in [0.15, 0.2) is 12.2 Å². The Morgan fingerprint density at radius 3 is 2.29 bits per heavy atom. The van der Waals surface area contributed by atoms with E-state index in [9.17, 15) is 0 Å². The second kappa shape index (κ2) is 3.69. The minimum Gasteiger partial charge on any atom is -0.289 e. The summed E-state index contributed by atoms with van der Waals surface area (Å²) in [5, 5.41) is 0. The van der Waals surface area contributed by atoms with Crippen LogP contribution < -0.4 is 0 Å². The normalized spacial score (nSPS) is 29.5. The van der Waals surface area contributed by atoms with E-state index in [2.05, 4.69) is 46.1 Å². The number of hydrogen-bond acceptors (Lipinski definition) is 1. The number of likely N-dealkylation sites (tertiary alicyclic amines) is 1. The van der Waals surface area contributed by atoms with Crippen LogP contribution in [0, 0.1) is 0 Å². The lowest BCUT2D eigenvalue weighted by Gasteiger charge is -2.46. The van der Waals surface area contributed by atoms with Gasteiger partial charge in [-0.1, -0.05) is 19.1 Å². The molecule has 82 valence electrons. The largest absolute Gasteiger partial charge is 0.289 e. The summed E-state index contributed by atoms with van der Waals surface area (Å²) in [5.41, 5.74) is 1.89. The second-order valence-electron chi connectivity index (χ2n) is 5.59. The molecular formula is C13H25N. The third-order valence-corrected chi connectivity index (χ3v) is 3.68. The predicted molar refractivity (Wildman–Crippen MR) is 63.5 cm³/mol. The maximum Gasteiger partial charge on any atom is 0.0418 e. The van der Waals surface area contributed by atoms with Crippen LogP contribution in [0.3, 0.4) is 0 Å². The summed E-state index contributed by atoms with van der Waals surface area (Å²) < 4.78 is 0. The van der Waals surface area contributed by atoms with Crippen molar-refractivity contribution in [2.45, 2.75) is 65.0 Å². The average molecular weight is 195 g/mol. The molecule has 0 aromatic rings. The van der Waals surface area contributed by atoms with Crippen molar-refractivity contribution < 1.29 is 0 Å². The van der Waals surface area contributed by atoms with Crippen LogP contribution in [0.2, 0.25) is 0 Å². The first kappa shape index (κ1) is 11.8. The third-order valence-electron chi connectivity index (χ3n) is 3.68. The van der Waals surface area contributed by atoms with Gasteiger partial charge >= 0.3 is 0 Å². The first-order chi connectivity index (χ1) is 6.34. The fourth-order valence-corrected chi connectivity index (χ4v) is 2.97. The Bertz CT molecular complexity index is 224. The molecule has 14 heavy (non-hydrogen) atoms. The lowest BCUT2D eigenvalue weighted by Crippen LogP contribution is -2.53. The molecule has 0 bridgehead atoms. The molecule has 1 fully saturated rings. The van der Waals surface area contributed by atoms with Crippen molar-refractivity contribution in [3.63, 3.8) is 0 Å². The Balaban J connectivity index is 3.01. The van der Waals surface area contributed by atoms with Gasteiger partial charge in [0.25, 0.3) is 0 Å². The highest BCUT2D eigenvalue weighted by atomic mass is 15.3. The first-order valence-electron chi connectivity index (χ1n) is 5.78. The second-order valence-corrected chi connectivity index (χ2v) is 5.59. The molecule has 0 aromatic heterocycles. The van der Waals surface area contributed by atoms with Gasteiger partial charge < -0.3 is 0 Å². The van der Waals surface area contributed by atoms with Gasteiger partial charge in [-0.15, -0.1) is 0 Å². The van der Waals surface area contributed by atoms with Gasteiger partial charge in [-0.25, -0.2) is 0 Å². The van der Waals surface area contributed by atoms with E-state index in [0.717, 1.165) is 0 Å². The number of nitrogens with zero attached hydrogens (tertiary/aromatic N) is 1. The summed E-state index contributed by atoms with van der Waals surface area (Å²) >= 11 is 0. The van der Waals surface area contributed by atoms with E-state index in [4.69, 9.17) is 0 Å². The average Bonchev–Trinajstić information content (AvgIpc) is 2.47. The summed E-state index contributed by atoms with van der Waals surface area (Å²) in [6.07, 6.45) is 3.80. The van der Waals surface area contributed by atoms with Crippen LogP contribution in [-0.4, -0.2) is 22.5 Å². The minimum absolute atomic E-state index is 0.269. The van der Waals surface area contributed by atoms with Gasteiger partial charge in [0.05, 0.1) is 0 Å². The summed E-state index contributed by atoms with van der Waals surface area (Å²) in [6, 6.07) is 0. The molecule has 1 atom stereocenters. The Morgan fingerprint density at radius 2 is 2.00 bits per heavy atom. The molecule has 0 spiro atoms. The van der Waals surface area contributed by atoms with Crippen LogP contribution >= 0.6 is 0 Å². The van der Waals surface area contributed by atoms with E-state index < -0.39 is 0 Å². The minimum atomic E-state index is 0.269. The Morgan fingerprint density at radius 1 is 1.43 bits per heavy atom. The standard InChI is InChI=1S/C13H25N/c1-7-13(11(2)3)9-8-10-14(13)12(4,5)6/h2,7-10H2,1,3-6H3. The molecule has 1 heterocycles. The van der Waals surface area contributed by atoms with Crippen molar-refractivity contribution in [1.29, 1.82) is 0 Å². The summed E-state index contributed by atoms with van der Waals surface area (Å²) in [6.45, 7) is 16.8. The van der Waals surface area contributed by atoms with Crippen molar-refractivity contribution in [1.82, 2.24) is 4.90 Å². The van der Waals surface area contributed by atoms with E-state index in [1.165, 1.54) is 31.4 Å². The summed E-state index contributed by atoms with van der Waals surface area (Å²) in [5.74, 6) is 0. The van der Waals surface area contributed by atoms with Crippen LogP contribution in [0.1, 0.15) is 53.9 Å². The van der Waals surface area contributed by atoms with Gasteiger partial charge in [0.2, 0.25) is 0 Å². The highest BCUT2D eigenvalue weighted by molar-refractivity contribution is 5.19. The van der Waals surface area contributed by atoms with Crippen molar-refractivity contribution in [3.8, 4) is 0 Å². The van der Waals surface area contributed by atoms with Gasteiger partial charge in [0.15, 0.2) is 0 Å². The molecule has 0 aliphatic carbocycles. The monoisotopic (exact) mass is 195 g/mol. The van der Waals surface area contributed by atoms with Gasteiger partial charge in [-0.2, -0.15) is 0 Å². The number of hydrogen-bond donors (Lipinski definition) is 0. The highest BCUT2D eigenvalue weighted by Crippen LogP contribution is 2.41. The summed E-state index contributed by atoms with van der Waals surface area (Å²) in [4.78, 5) is 2.64. The molecule has 1 rings (SSSR count). The number of rotatable bonds is 2. The molecule has 1 nitrogen and oxygen atoms in total. The highest BCUT2D eigenvalue weighted by Gasteiger charge is 2.44. The van der Waals surface area contributed by atoms with E-state index in [1.54, 1.807) is 0 Å². The lowest BCUT2D eigenvalue weighted by molar-refractivity contribution is 0.0647. The Kier molecular flexibility index (Phi) is 3.10. The van der Waals surface area contributed by atoms with Crippen LogP contribution in [0.25, 0.3) is 0 Å². The fraction of sp³-hybridized carbons (Fsp3) is 0.846. The zero-order chi connectivity index (χ0) is 11.0. The maximum atomic E-state index is 4.20. The smallest absolute Gasteiger partial charge is 0.0418 e. The van der Waals surface area contributed by atoms with Crippen molar-refractivity contribution >= 4 is 0 Å². The topological polar surface area (TPSA) is 3.24 Å². The van der Waals surface area contributed by atoms with Gasteiger partial charge in [0.1, 0.15) is 0 Å². The van der Waals surface area contributed by atoms with E-state index in [1.807, 2.05) is 0 Å². The van der Waals surface area contributed by atoms with E-state index in [0.29, 0.717) is 0 Å². The molecule has 0 radical (unpaired) electrons. The SMILES string of the molecule is C=C(C)C1(CC)CCCN1C(C)(C)C. The lowest BCUT2D eigenvalue weighted by atomic mass is 9.83. The Hall–Kier alpha value is -0.300. The molecule has 1 saturated heterocycles. The molecule has 0 saturated carbocycles. The van der Waals surface area contributed by atoms with E-state index in [-0.39, 0.29) is 11.1 Å². The quantitative estimate of drug-likeness (QED) is 0.608. The molecule has 1 unspecified atom stereocenters. The zero-order valence-electron chi connectivity index (χ0n) is 10.5. The van der Waals surface area contributed by atoms with Gasteiger partial charge in [0, 0.05) is 11.1 Å². The van der Waals surface area contributed by atoms with Crippen LogP contribution in [0.5, 0.6) is 0 Å². The van der Waals surface area contributed by atoms with Crippen molar-refractivity contribution in [3.05, 3.63) is 12.2 Å². The molecular weight excluding hydrogens is 170 g/mol. The summed E-state index contributed by atoms with van der Waals surface area (Å²) in [7, 11) is 0. The molecule has 1 aliphatic heterocycles. The Labute approximate surface area is 89.2 Å². The molecule has 1 aliphatic rings. The maximum absolute atomic E-state index is 4.20. The van der Waals surface area contributed by atoms with Crippen molar-refractivity contribution in [2.75, 3.05) is 6.54 Å². The van der Waals surface area contributed by atoms with E-state index >= 15 is 0 Å². The van der Waals surface area contributed by atoms with Crippen molar-refractivity contribution in [2.24, 2.45) is 0 Å². The van der Waals surface area contributed by atoms with Crippen LogP contribution in [0.4, 0.5) is 0 Å². The van der Waals surface area contributed by atoms with Crippen LogP contribution in [-0.2, 0) is 0 Å². The molecule has 1 heteroatoms. The molecule has 0 amide bonds. The van der Waals surface area contributed by atoms with Gasteiger partial charge in [-0.05, 0) is 53.5 Å². The zero-order valence-corrected chi connectivity index (χ0v) is 10.5. The first-order valence-corrected chi connectivity index (χ1v) is 5.78. The predicted octanol–water partition coefficient (Wildman–Crippen LogP) is 3.61. The van der Waals surface area contributed by atoms with Gasteiger partial charge in [-0.3, -0.25) is 4.90 Å². The third kappa shape index (κ3) is 1.75.